The predicted molar refractivity (Wildman–Crippen MR) is 149 cm³/mol. The van der Waals surface area contributed by atoms with Gasteiger partial charge < -0.3 is 9.15 Å². The van der Waals surface area contributed by atoms with Gasteiger partial charge in [0.15, 0.2) is 11.5 Å². The maximum absolute atomic E-state index is 14.3. The Morgan fingerprint density at radius 3 is 1.77 bits per heavy atom. The van der Waals surface area contributed by atoms with Gasteiger partial charge in [0, 0.05) is 5.69 Å². The maximum Gasteiger partial charge on any atom is 0.294 e. The van der Waals surface area contributed by atoms with Crippen molar-refractivity contribution >= 4 is 17.4 Å². The van der Waals surface area contributed by atoms with E-state index in [2.05, 4.69) is 0 Å². The second-order valence-corrected chi connectivity index (χ2v) is 9.19. The van der Waals surface area contributed by atoms with Crippen LogP contribution in [0.3, 0.4) is 0 Å². The van der Waals surface area contributed by atoms with Crippen molar-refractivity contribution in [1.29, 1.82) is 0 Å². The van der Waals surface area contributed by atoms with E-state index in [-0.39, 0.29) is 23.0 Å². The fourth-order valence-corrected chi connectivity index (χ4v) is 4.98. The number of anilines is 1. The minimum atomic E-state index is -0.708. The third kappa shape index (κ3) is 4.66. The Morgan fingerprint density at radius 1 is 0.692 bits per heavy atom. The number of Topliss-reactive ketones (excluding diaryl/α,β-unsaturated/α-hetero) is 1. The van der Waals surface area contributed by atoms with Gasteiger partial charge in [-0.15, -0.1) is 0 Å². The lowest BCUT2D eigenvalue weighted by atomic mass is 9.94. The first-order valence-corrected chi connectivity index (χ1v) is 12.7. The summed E-state index contributed by atoms with van der Waals surface area (Å²) < 4.78 is 12.2. The molecule has 5 heteroatoms. The molecular formula is C34H25NO4. The van der Waals surface area contributed by atoms with E-state index in [4.69, 9.17) is 9.15 Å². The van der Waals surface area contributed by atoms with Crippen molar-refractivity contribution < 1.29 is 18.7 Å². The zero-order valence-electron chi connectivity index (χ0n) is 21.0. The van der Waals surface area contributed by atoms with E-state index in [1.807, 2.05) is 121 Å². The Kier molecular flexibility index (Phi) is 6.62. The molecule has 0 bridgehead atoms. The molecule has 0 saturated carbocycles. The highest BCUT2D eigenvalue weighted by molar-refractivity contribution is 6.20. The van der Waals surface area contributed by atoms with Gasteiger partial charge in [-0.3, -0.25) is 14.5 Å². The lowest BCUT2D eigenvalue weighted by Crippen LogP contribution is -2.31. The van der Waals surface area contributed by atoms with Crippen LogP contribution in [0.2, 0.25) is 0 Å². The molecule has 1 aliphatic heterocycles. The van der Waals surface area contributed by atoms with Crippen molar-refractivity contribution in [2.24, 2.45) is 0 Å². The van der Waals surface area contributed by atoms with Crippen molar-refractivity contribution in [3.8, 4) is 0 Å². The van der Waals surface area contributed by atoms with Crippen molar-refractivity contribution in [2.75, 3.05) is 4.90 Å². The summed E-state index contributed by atoms with van der Waals surface area (Å²) in [6, 6.07) is 40.8. The molecule has 0 aliphatic carbocycles. The van der Waals surface area contributed by atoms with Crippen LogP contribution in [0.5, 0.6) is 0 Å². The van der Waals surface area contributed by atoms with Crippen LogP contribution in [-0.2, 0) is 9.53 Å². The smallest absolute Gasteiger partial charge is 0.294 e. The molecule has 1 aliphatic rings. The van der Waals surface area contributed by atoms with Gasteiger partial charge in [-0.05, 0) is 41.0 Å². The Labute approximate surface area is 226 Å². The third-order valence-electron chi connectivity index (χ3n) is 6.77. The molecule has 0 fully saturated rings. The molecule has 1 amide bonds. The highest BCUT2D eigenvalue weighted by atomic mass is 16.5. The first-order chi connectivity index (χ1) is 19.2. The highest BCUT2D eigenvalue weighted by Crippen LogP contribution is 2.45. The van der Waals surface area contributed by atoms with Gasteiger partial charge in [0.25, 0.3) is 5.91 Å². The van der Waals surface area contributed by atoms with Gasteiger partial charge in [0.05, 0.1) is 17.9 Å². The number of hydrogen-bond acceptors (Lipinski definition) is 4. The molecule has 5 nitrogen and oxygen atoms in total. The zero-order chi connectivity index (χ0) is 26.6. The molecule has 1 atom stereocenters. The number of ketones is 1. The minimum Gasteiger partial charge on any atom is -0.475 e. The minimum absolute atomic E-state index is 0.00631. The average molecular weight is 512 g/mol. The van der Waals surface area contributed by atoms with Gasteiger partial charge in [-0.25, -0.2) is 0 Å². The fourth-order valence-electron chi connectivity index (χ4n) is 4.98. The maximum atomic E-state index is 14.3. The largest absolute Gasteiger partial charge is 0.475 e. The van der Waals surface area contributed by atoms with Gasteiger partial charge in [-0.1, -0.05) is 109 Å². The molecule has 1 aromatic heterocycles. The molecule has 0 spiro atoms. The second-order valence-electron chi connectivity index (χ2n) is 9.19. The molecule has 0 N–H and O–H groups in total. The summed E-state index contributed by atoms with van der Waals surface area (Å²) in [5, 5.41) is 0. The van der Waals surface area contributed by atoms with Crippen molar-refractivity contribution in [3.05, 3.63) is 174 Å². The van der Waals surface area contributed by atoms with Gasteiger partial charge in [0.1, 0.15) is 6.10 Å². The Hall–Kier alpha value is -5.16. The Morgan fingerprint density at radius 2 is 1.23 bits per heavy atom. The van der Waals surface area contributed by atoms with Crippen LogP contribution in [-0.4, -0.2) is 11.7 Å². The molecule has 190 valence electrons. The monoisotopic (exact) mass is 511 g/mol. The number of para-hydroxylation sites is 1. The van der Waals surface area contributed by atoms with E-state index >= 15 is 0 Å². The first-order valence-electron chi connectivity index (χ1n) is 12.7. The molecule has 6 rings (SSSR count). The SMILES string of the molecule is O=C(C1=C(OC(c2ccccc2)c2ccccc2)C(=O)N(c2ccccc2)C1c1ccccc1)c1ccco1. The van der Waals surface area contributed by atoms with Gasteiger partial charge >= 0.3 is 0 Å². The highest BCUT2D eigenvalue weighted by Gasteiger charge is 2.47. The summed E-state index contributed by atoms with van der Waals surface area (Å²) in [7, 11) is 0. The molecular weight excluding hydrogens is 486 g/mol. The number of carbonyl (C=O) groups is 2. The number of benzene rings is 4. The summed E-state index contributed by atoms with van der Waals surface area (Å²) in [4.78, 5) is 30.0. The van der Waals surface area contributed by atoms with Crippen LogP contribution in [0.1, 0.15) is 39.4 Å². The standard InChI is InChI=1S/C34H25NO4/c36-31(28-22-13-23-38-28)29-30(24-14-5-1-6-15-24)35(27-20-11-4-12-21-27)34(37)33(29)39-32(25-16-7-2-8-17-25)26-18-9-3-10-19-26/h1-23,30,32H. The molecule has 0 radical (unpaired) electrons. The quantitative estimate of drug-likeness (QED) is 0.205. The average Bonchev–Trinajstić information content (AvgIpc) is 3.64. The van der Waals surface area contributed by atoms with Crippen molar-refractivity contribution in [1.82, 2.24) is 0 Å². The lowest BCUT2D eigenvalue weighted by molar-refractivity contribution is -0.118. The number of ether oxygens (including phenoxy) is 1. The number of carbonyl (C=O) groups excluding carboxylic acids is 2. The molecule has 1 unspecified atom stereocenters. The Bertz CT molecular complexity index is 1560. The van der Waals surface area contributed by atoms with E-state index < -0.39 is 17.9 Å². The van der Waals surface area contributed by atoms with E-state index in [1.54, 1.807) is 17.0 Å². The number of hydrogen-bond donors (Lipinski definition) is 0. The molecule has 39 heavy (non-hydrogen) atoms. The van der Waals surface area contributed by atoms with E-state index in [0.717, 1.165) is 16.7 Å². The number of rotatable bonds is 8. The van der Waals surface area contributed by atoms with Crippen molar-refractivity contribution in [3.63, 3.8) is 0 Å². The van der Waals surface area contributed by atoms with Crippen LogP contribution >= 0.6 is 0 Å². The van der Waals surface area contributed by atoms with Crippen LogP contribution in [0.4, 0.5) is 5.69 Å². The molecule has 4 aromatic carbocycles. The predicted octanol–water partition coefficient (Wildman–Crippen LogP) is 7.31. The Balaban J connectivity index is 1.56. The summed E-state index contributed by atoms with van der Waals surface area (Å²) >= 11 is 0. The fraction of sp³-hybridized carbons (Fsp3) is 0.0588. The molecule has 5 aromatic rings. The van der Waals surface area contributed by atoms with Gasteiger partial charge in [0.2, 0.25) is 5.78 Å². The van der Waals surface area contributed by atoms with Gasteiger partial charge in [-0.2, -0.15) is 0 Å². The normalized spacial score (nSPS) is 15.2. The number of amides is 1. The number of nitrogens with zero attached hydrogens (tertiary/aromatic N) is 1. The second kappa shape index (κ2) is 10.7. The summed E-state index contributed by atoms with van der Waals surface area (Å²) in [5.41, 5.74) is 3.42. The van der Waals surface area contributed by atoms with Crippen LogP contribution in [0.25, 0.3) is 0 Å². The van der Waals surface area contributed by atoms with E-state index in [9.17, 15) is 9.59 Å². The van der Waals surface area contributed by atoms with Crippen LogP contribution in [0, 0.1) is 0 Å². The molecule has 2 heterocycles. The van der Waals surface area contributed by atoms with Crippen LogP contribution in [0.15, 0.2) is 155 Å². The van der Waals surface area contributed by atoms with E-state index in [1.165, 1.54) is 6.26 Å². The third-order valence-corrected chi connectivity index (χ3v) is 6.77. The van der Waals surface area contributed by atoms with E-state index in [0.29, 0.717) is 5.69 Å². The zero-order valence-corrected chi connectivity index (χ0v) is 21.0. The first kappa shape index (κ1) is 24.2. The summed E-state index contributed by atoms with van der Waals surface area (Å²) in [6.45, 7) is 0. The molecule has 0 saturated heterocycles. The summed E-state index contributed by atoms with van der Waals surface area (Å²) in [5.74, 6) is -0.630. The number of furan rings is 1. The van der Waals surface area contributed by atoms with Crippen molar-refractivity contribution in [2.45, 2.75) is 12.1 Å². The lowest BCUT2D eigenvalue weighted by Gasteiger charge is -2.26. The van der Waals surface area contributed by atoms with Crippen LogP contribution < -0.4 is 4.90 Å². The summed E-state index contributed by atoms with van der Waals surface area (Å²) in [6.07, 6.45) is 0.840. The topological polar surface area (TPSA) is 59.8 Å².